The highest BCUT2D eigenvalue weighted by atomic mass is 35.7. The van der Waals surface area contributed by atoms with Gasteiger partial charge in [-0.1, -0.05) is 54.6 Å². The van der Waals surface area contributed by atoms with Gasteiger partial charge in [-0.05, 0) is 112 Å². The standard InChI is InChI=1S/C24H18F3N5O4S.C23H15ClF3N5O4S.C23H16F3N5O5S/c1-14-20(21-19(37(4,35)36)13-29-32(21)17-10-8-16(28-2)9-11-17)22(33)30(3)23(34)31(14)18-7-5-6-15(12-18)24(25,26)27;1-13-19(20-18(37(24,35)36)12-29-32(20)16-9-7-15(28-2)8-10-16)21(33)30(3)22(34)31(13)17-6-4-5-14(11-17)23(25,26)27;1-13-19(20-18(37(34,35)36)12-28-31(20)16-9-7-15(27-2)8-10-16)21(32)29(3)22(33)30(13)17-6-4-5-14(11-17)23(24,25)26/h5-13H,1,3-4H3;4-12H,1,3H3;4-12H,1,3H3,(H,34,35,36). The van der Waals surface area contributed by atoms with E-state index in [1.165, 1.54) is 116 Å². The van der Waals surface area contributed by atoms with Gasteiger partial charge in [0.2, 0.25) is 0 Å². The Morgan fingerprint density at radius 3 is 0.892 bits per heavy atom. The second kappa shape index (κ2) is 29.8. The van der Waals surface area contributed by atoms with E-state index in [0.29, 0.717) is 31.1 Å². The SMILES string of the molecule is [C-]#[N+]c1ccc(-n2ncc(S(=O)(=O)Cl)c2-c2c(C)n(-c3cccc(C(F)(F)F)c3)c(=O)n(C)c2=O)cc1.[C-]#[N+]c1ccc(-n2ncc(S(=O)(=O)O)c2-c2c(C)n(-c3cccc(C(F)(F)F)c3)c(=O)n(C)c2=O)cc1.[C-]#[N+]c1ccc(-n2ncc(S(C)(=O)=O)c2-c2c(C)n(-c3cccc(C(F)(F)F)c3)c(=O)n(C)c2=O)cc1. The molecule has 0 fully saturated rings. The van der Waals surface area contributed by atoms with Gasteiger partial charge in [-0.15, -0.1) is 0 Å². The van der Waals surface area contributed by atoms with Gasteiger partial charge >= 0.3 is 35.6 Å². The van der Waals surface area contributed by atoms with Gasteiger partial charge in [0.1, 0.15) is 31.8 Å². The average molecular weight is 1610 g/mol. The molecule has 0 unspecified atom stereocenters. The second-order valence-electron chi connectivity index (χ2n) is 23.8. The molecule has 12 aromatic rings. The van der Waals surface area contributed by atoms with Gasteiger partial charge in [-0.25, -0.2) is 59.8 Å². The molecule has 6 heterocycles. The number of rotatable bonds is 12. The summed E-state index contributed by atoms with van der Waals surface area (Å²) in [6.45, 7) is 25.2. The molecule has 41 heteroatoms. The van der Waals surface area contributed by atoms with Crippen molar-refractivity contribution in [2.75, 3.05) is 6.26 Å². The largest absolute Gasteiger partial charge is 0.416 e. The topological polar surface area (TPSA) is 321 Å². The molecular formula is C70H49ClF9N15O13S3. The summed E-state index contributed by atoms with van der Waals surface area (Å²) in [5, 5.41) is 12.2. The van der Waals surface area contributed by atoms with Crippen LogP contribution in [-0.4, -0.2) is 92.8 Å². The molecule has 12 rings (SSSR count). The molecule has 0 saturated carbocycles. The molecule has 6 aromatic carbocycles. The Labute approximate surface area is 623 Å². The molecule has 6 aromatic heterocycles. The van der Waals surface area contributed by atoms with Crippen LogP contribution in [0.25, 0.3) is 82.4 Å². The van der Waals surface area contributed by atoms with E-state index >= 15 is 0 Å². The summed E-state index contributed by atoms with van der Waals surface area (Å²) in [4.78, 5) is 87.4. The number of nitrogens with zero attached hydrogens (tertiary/aromatic N) is 15. The number of halogens is 10. The van der Waals surface area contributed by atoms with Gasteiger partial charge in [-0.3, -0.25) is 46.3 Å². The van der Waals surface area contributed by atoms with Crippen LogP contribution in [0.2, 0.25) is 0 Å². The van der Waals surface area contributed by atoms with Crippen LogP contribution in [0.1, 0.15) is 33.8 Å². The summed E-state index contributed by atoms with van der Waals surface area (Å²) in [7, 11) is -4.43. The van der Waals surface area contributed by atoms with Crippen molar-refractivity contribution in [1.29, 1.82) is 0 Å². The molecule has 111 heavy (non-hydrogen) atoms. The van der Waals surface area contributed by atoms with Gasteiger partial charge in [-0.2, -0.15) is 63.2 Å². The second-order valence-corrected chi connectivity index (χ2v) is 29.8. The maximum absolute atomic E-state index is 13.4. The molecular weight excluding hydrogens is 1560 g/mol. The maximum Gasteiger partial charge on any atom is 0.416 e. The van der Waals surface area contributed by atoms with Crippen molar-refractivity contribution in [2.45, 2.75) is 54.0 Å². The third-order valence-electron chi connectivity index (χ3n) is 16.9. The first kappa shape index (κ1) is 80.5. The molecule has 0 atom stereocenters. The van der Waals surface area contributed by atoms with Crippen molar-refractivity contribution in [3.05, 3.63) is 295 Å². The highest BCUT2D eigenvalue weighted by Gasteiger charge is 2.37. The highest BCUT2D eigenvalue weighted by molar-refractivity contribution is 8.13. The Balaban J connectivity index is 0.000000177. The molecule has 0 aliphatic rings. The first-order valence-corrected chi connectivity index (χ1v) is 36.7. The lowest BCUT2D eigenvalue weighted by Crippen LogP contribution is -2.40. The van der Waals surface area contributed by atoms with Crippen LogP contribution in [0.3, 0.4) is 0 Å². The normalized spacial score (nSPS) is 11.9. The van der Waals surface area contributed by atoms with Crippen molar-refractivity contribution in [3.8, 4) is 67.9 Å². The molecule has 0 bridgehead atoms. The zero-order valence-corrected chi connectivity index (χ0v) is 60.9. The maximum atomic E-state index is 13.4. The van der Waals surface area contributed by atoms with Crippen LogP contribution in [-0.2, 0) is 68.7 Å². The van der Waals surface area contributed by atoms with Crippen molar-refractivity contribution >= 4 is 56.8 Å². The minimum atomic E-state index is -4.96. The zero-order chi connectivity index (χ0) is 81.9. The number of hydrogen-bond acceptors (Lipinski definition) is 15. The number of hydrogen-bond donors (Lipinski definition) is 1. The number of benzene rings is 6. The third-order valence-corrected chi connectivity index (χ3v) is 20.2. The van der Waals surface area contributed by atoms with Crippen molar-refractivity contribution < 1.29 is 69.3 Å². The fourth-order valence-electron chi connectivity index (χ4n) is 11.6. The van der Waals surface area contributed by atoms with Crippen LogP contribution in [0.4, 0.5) is 56.6 Å². The molecule has 0 aliphatic carbocycles. The van der Waals surface area contributed by atoms with Crippen LogP contribution in [0.5, 0.6) is 0 Å². The van der Waals surface area contributed by atoms with Crippen LogP contribution in [0, 0.1) is 40.5 Å². The number of aromatic nitrogens is 12. The summed E-state index contributed by atoms with van der Waals surface area (Å²) in [5.41, 5.74) is -9.94. The average Bonchev–Trinajstić information content (AvgIpc) is 1.71. The molecule has 1 N–H and O–H groups in total. The van der Waals surface area contributed by atoms with E-state index in [1.807, 2.05) is 0 Å². The van der Waals surface area contributed by atoms with E-state index in [1.54, 1.807) is 0 Å². The monoisotopic (exact) mass is 1610 g/mol. The van der Waals surface area contributed by atoms with Gasteiger partial charge in [0.05, 0.1) is 106 Å². The predicted octanol–water partition coefficient (Wildman–Crippen LogP) is 11.4. The van der Waals surface area contributed by atoms with E-state index in [2.05, 4.69) is 29.8 Å². The van der Waals surface area contributed by atoms with E-state index in [0.717, 1.165) is 118 Å². The summed E-state index contributed by atoms with van der Waals surface area (Å²) in [6, 6.07) is 29.2. The summed E-state index contributed by atoms with van der Waals surface area (Å²) in [6.07, 6.45) is -10.4. The third kappa shape index (κ3) is 15.7. The van der Waals surface area contributed by atoms with Gasteiger partial charge in [0.15, 0.2) is 26.9 Å². The van der Waals surface area contributed by atoms with Gasteiger partial charge in [0, 0.05) is 55.2 Å². The minimum absolute atomic E-state index is 0.0862. The van der Waals surface area contributed by atoms with Crippen LogP contribution < -0.4 is 33.7 Å². The van der Waals surface area contributed by atoms with E-state index in [9.17, 15) is 98.1 Å². The lowest BCUT2D eigenvalue weighted by atomic mass is 10.1. The predicted molar refractivity (Wildman–Crippen MR) is 383 cm³/mol. The summed E-state index contributed by atoms with van der Waals surface area (Å²) in [5.74, 6) is 0. The Morgan fingerprint density at radius 1 is 0.396 bits per heavy atom. The summed E-state index contributed by atoms with van der Waals surface area (Å²) >= 11 is 0. The fraction of sp³-hybridized carbons (Fsp3) is 0.143. The lowest BCUT2D eigenvalue weighted by molar-refractivity contribution is -0.138. The molecule has 570 valence electrons. The number of sulfone groups is 1. The molecule has 0 aliphatic heterocycles. The molecule has 0 amide bonds. The highest BCUT2D eigenvalue weighted by Crippen LogP contribution is 2.38. The van der Waals surface area contributed by atoms with Crippen molar-refractivity contribution in [1.82, 2.24) is 56.7 Å². The van der Waals surface area contributed by atoms with Gasteiger partial charge in [0.25, 0.3) is 35.8 Å². The Hall–Kier alpha value is -13.1. The smallest absolute Gasteiger partial charge is 0.282 e. The Morgan fingerprint density at radius 2 is 0.649 bits per heavy atom. The van der Waals surface area contributed by atoms with Gasteiger partial charge < -0.3 is 0 Å². The Bertz CT molecular complexity index is 6080. The summed E-state index contributed by atoms with van der Waals surface area (Å²) < 4.78 is 213. The Kier molecular flexibility index (Phi) is 21.6. The van der Waals surface area contributed by atoms with E-state index in [4.69, 9.17) is 30.4 Å². The first-order valence-electron chi connectivity index (χ1n) is 31.1. The van der Waals surface area contributed by atoms with Crippen molar-refractivity contribution in [2.24, 2.45) is 21.1 Å². The van der Waals surface area contributed by atoms with Crippen LogP contribution in [0.15, 0.2) is 208 Å². The first-order chi connectivity index (χ1) is 51.8. The molecule has 0 spiro atoms. The van der Waals surface area contributed by atoms with Crippen molar-refractivity contribution in [3.63, 3.8) is 0 Å². The fourth-order valence-corrected chi connectivity index (χ4v) is 13.9. The van der Waals surface area contributed by atoms with E-state index in [-0.39, 0.29) is 84.3 Å². The quantitative estimate of drug-likeness (QED) is 0.0514. The number of alkyl halides is 9. The lowest BCUT2D eigenvalue weighted by Gasteiger charge is -2.18. The molecule has 0 saturated heterocycles. The van der Waals surface area contributed by atoms with E-state index < -0.39 is 119 Å². The minimum Gasteiger partial charge on any atom is -0.282 e. The molecule has 0 radical (unpaired) electrons. The van der Waals surface area contributed by atoms with Crippen LogP contribution >= 0.6 is 10.7 Å². The molecule has 28 nitrogen and oxygen atoms in total. The zero-order valence-electron chi connectivity index (χ0n) is 57.6.